The van der Waals surface area contributed by atoms with Gasteiger partial charge in [-0.15, -0.1) is 0 Å². The van der Waals surface area contributed by atoms with Gasteiger partial charge in [0, 0.05) is 54.2 Å². The van der Waals surface area contributed by atoms with E-state index >= 15 is 0 Å². The summed E-state index contributed by atoms with van der Waals surface area (Å²) in [4.78, 5) is 27.6. The zero-order valence-electron chi connectivity index (χ0n) is 21.6. The highest BCUT2D eigenvalue weighted by Crippen LogP contribution is 2.36. The minimum absolute atomic E-state index is 0.0226. The fourth-order valence-electron chi connectivity index (χ4n) is 5.67. The lowest BCUT2D eigenvalue weighted by atomic mass is 9.87. The van der Waals surface area contributed by atoms with Gasteiger partial charge in [0.15, 0.2) is 0 Å². The molecule has 3 N–H and O–H groups in total. The average Bonchev–Trinajstić information content (AvgIpc) is 3.57. The van der Waals surface area contributed by atoms with Crippen molar-refractivity contribution < 1.29 is 9.90 Å². The molecule has 6 rings (SSSR count). The molecule has 2 aliphatic rings. The minimum Gasteiger partial charge on any atom is -0.384 e. The van der Waals surface area contributed by atoms with Gasteiger partial charge in [0.1, 0.15) is 11.2 Å². The van der Waals surface area contributed by atoms with E-state index in [9.17, 15) is 9.90 Å². The molecule has 0 spiro atoms. The predicted octanol–water partition coefficient (Wildman–Crippen LogP) is 4.78. The van der Waals surface area contributed by atoms with Crippen molar-refractivity contribution >= 4 is 16.9 Å². The maximum absolute atomic E-state index is 13.5. The van der Waals surface area contributed by atoms with Crippen LogP contribution in [0.2, 0.25) is 0 Å². The molecule has 0 saturated carbocycles. The lowest BCUT2D eigenvalue weighted by Gasteiger charge is -2.32. The number of nitrogens with one attached hydrogen (secondary N) is 2. The number of rotatable bonds is 4. The van der Waals surface area contributed by atoms with Gasteiger partial charge >= 0.3 is 0 Å². The molecular weight excluding hydrogens is 462 g/mol. The average molecular weight is 496 g/mol. The summed E-state index contributed by atoms with van der Waals surface area (Å²) >= 11 is 0. The molecule has 3 aromatic heterocycles. The molecular formula is C30H33N5O2. The number of aryl methyl sites for hydroxylation is 1. The predicted molar refractivity (Wildman–Crippen MR) is 144 cm³/mol. The van der Waals surface area contributed by atoms with E-state index in [1.54, 1.807) is 32.2 Å². The molecule has 7 nitrogen and oxygen atoms in total. The van der Waals surface area contributed by atoms with Crippen LogP contribution in [0.25, 0.3) is 22.2 Å². The van der Waals surface area contributed by atoms with Crippen molar-refractivity contribution in [3.8, 4) is 11.1 Å². The number of hydrogen-bond acceptors (Lipinski definition) is 5. The standard InChI is InChI=1S/C30H33N5O2/c1-18-15-33-28-23(18)13-22(16-34-28)21-11-19-7-10-35(17-25(19)24(12-21)26-5-4-8-31-26)29(36)20-6-9-32-27(14-20)30(2,3)37/h6,9,11-16,26,31,37H,4-5,7-8,10,17H2,1-3H3,(H,33,34)/t26-/m0/s1. The smallest absolute Gasteiger partial charge is 0.254 e. The largest absolute Gasteiger partial charge is 0.384 e. The van der Waals surface area contributed by atoms with E-state index < -0.39 is 5.60 Å². The van der Waals surface area contributed by atoms with Gasteiger partial charge in [-0.05, 0) is 98.7 Å². The molecule has 0 bridgehead atoms. The Balaban J connectivity index is 1.37. The summed E-state index contributed by atoms with van der Waals surface area (Å²) in [5.74, 6) is -0.0226. The second-order valence-electron chi connectivity index (χ2n) is 10.9. The molecule has 1 fully saturated rings. The van der Waals surface area contributed by atoms with Crippen molar-refractivity contribution in [1.82, 2.24) is 25.2 Å². The monoisotopic (exact) mass is 495 g/mol. The molecule has 1 amide bonds. The summed E-state index contributed by atoms with van der Waals surface area (Å²) < 4.78 is 0. The maximum atomic E-state index is 13.5. The summed E-state index contributed by atoms with van der Waals surface area (Å²) in [5, 5.41) is 15.2. The van der Waals surface area contributed by atoms with Gasteiger partial charge < -0.3 is 20.3 Å². The van der Waals surface area contributed by atoms with Crippen LogP contribution in [0.1, 0.15) is 71.0 Å². The molecule has 4 aromatic rings. The van der Waals surface area contributed by atoms with Gasteiger partial charge in [-0.3, -0.25) is 9.78 Å². The zero-order valence-corrected chi connectivity index (χ0v) is 21.6. The van der Waals surface area contributed by atoms with E-state index in [2.05, 4.69) is 45.4 Å². The molecule has 0 radical (unpaired) electrons. The third kappa shape index (κ3) is 4.43. The highest BCUT2D eigenvalue weighted by atomic mass is 16.3. The number of nitrogens with zero attached hydrogens (tertiary/aromatic N) is 3. The molecule has 0 unspecified atom stereocenters. The van der Waals surface area contributed by atoms with Crippen LogP contribution in [0.3, 0.4) is 0 Å². The van der Waals surface area contributed by atoms with Gasteiger partial charge in [0.05, 0.1) is 5.69 Å². The fourth-order valence-corrected chi connectivity index (χ4v) is 5.67. The Hall–Kier alpha value is -3.55. The van der Waals surface area contributed by atoms with Gasteiger partial charge in [0.2, 0.25) is 0 Å². The number of carbonyl (C=O) groups excluding carboxylic acids is 1. The molecule has 7 heteroatoms. The first-order chi connectivity index (χ1) is 17.8. The van der Waals surface area contributed by atoms with E-state index in [1.165, 1.54) is 27.8 Å². The van der Waals surface area contributed by atoms with Gasteiger partial charge in [-0.1, -0.05) is 6.07 Å². The quantitative estimate of drug-likeness (QED) is 0.379. The highest BCUT2D eigenvalue weighted by Gasteiger charge is 2.29. The molecule has 190 valence electrons. The van der Waals surface area contributed by atoms with Crippen LogP contribution in [-0.2, 0) is 18.6 Å². The van der Waals surface area contributed by atoms with Gasteiger partial charge in [-0.25, -0.2) is 4.98 Å². The lowest BCUT2D eigenvalue weighted by molar-refractivity contribution is 0.0714. The third-order valence-corrected chi connectivity index (χ3v) is 7.80. The minimum atomic E-state index is -1.10. The maximum Gasteiger partial charge on any atom is 0.254 e. The van der Waals surface area contributed by atoms with Crippen LogP contribution in [-0.4, -0.2) is 44.0 Å². The Morgan fingerprint density at radius 1 is 1.16 bits per heavy atom. The van der Waals surface area contributed by atoms with Crippen LogP contribution in [0.5, 0.6) is 0 Å². The molecule has 1 saturated heterocycles. The summed E-state index contributed by atoms with van der Waals surface area (Å²) in [6.45, 7) is 7.72. The second-order valence-corrected chi connectivity index (χ2v) is 10.9. The van der Waals surface area contributed by atoms with E-state index in [-0.39, 0.29) is 11.9 Å². The van der Waals surface area contributed by atoms with Crippen LogP contribution < -0.4 is 5.32 Å². The zero-order chi connectivity index (χ0) is 25.7. The number of hydrogen-bond donors (Lipinski definition) is 3. The summed E-state index contributed by atoms with van der Waals surface area (Å²) in [6, 6.07) is 10.6. The SMILES string of the molecule is Cc1c[nH]c2ncc(-c3cc4c(c([C@@H]5CCCN5)c3)CN(C(=O)c3ccnc(C(C)(C)O)c3)CC4)cc12. The number of pyridine rings is 2. The molecule has 1 aromatic carbocycles. The summed E-state index contributed by atoms with van der Waals surface area (Å²) in [7, 11) is 0. The number of amides is 1. The topological polar surface area (TPSA) is 94.1 Å². The first-order valence-corrected chi connectivity index (χ1v) is 13.1. The van der Waals surface area contributed by atoms with Crippen molar-refractivity contribution in [2.75, 3.05) is 13.1 Å². The number of H-pyrrole nitrogens is 1. The Morgan fingerprint density at radius 3 is 2.81 bits per heavy atom. The van der Waals surface area contributed by atoms with Crippen molar-refractivity contribution in [2.24, 2.45) is 0 Å². The third-order valence-electron chi connectivity index (χ3n) is 7.80. The van der Waals surface area contributed by atoms with Gasteiger partial charge in [-0.2, -0.15) is 0 Å². The molecule has 2 aliphatic heterocycles. The first-order valence-electron chi connectivity index (χ1n) is 13.1. The van der Waals surface area contributed by atoms with E-state index in [0.717, 1.165) is 42.4 Å². The molecule has 1 atom stereocenters. The summed E-state index contributed by atoms with van der Waals surface area (Å²) in [6.07, 6.45) is 8.61. The lowest BCUT2D eigenvalue weighted by Crippen LogP contribution is -2.37. The Morgan fingerprint density at radius 2 is 2.03 bits per heavy atom. The van der Waals surface area contributed by atoms with Crippen LogP contribution >= 0.6 is 0 Å². The Labute approximate surface area is 217 Å². The molecule has 0 aliphatic carbocycles. The molecule has 5 heterocycles. The first kappa shape index (κ1) is 23.8. The second kappa shape index (κ2) is 9.08. The van der Waals surface area contributed by atoms with Crippen LogP contribution in [0, 0.1) is 6.92 Å². The Kier molecular flexibility index (Phi) is 5.85. The fraction of sp³-hybridized carbons (Fsp3) is 0.367. The van der Waals surface area contributed by atoms with E-state index in [0.29, 0.717) is 24.3 Å². The number of aromatic amines is 1. The van der Waals surface area contributed by atoms with Crippen LogP contribution in [0.4, 0.5) is 0 Å². The number of fused-ring (bicyclic) bond motifs is 2. The normalized spacial score (nSPS) is 17.8. The number of aromatic nitrogens is 3. The van der Waals surface area contributed by atoms with Crippen molar-refractivity contribution in [3.63, 3.8) is 0 Å². The van der Waals surface area contributed by atoms with Gasteiger partial charge in [0.25, 0.3) is 5.91 Å². The number of aliphatic hydroxyl groups is 1. The van der Waals surface area contributed by atoms with E-state index in [1.807, 2.05) is 17.3 Å². The van der Waals surface area contributed by atoms with Crippen LogP contribution in [0.15, 0.2) is 48.9 Å². The number of benzene rings is 1. The highest BCUT2D eigenvalue weighted by molar-refractivity contribution is 5.94. The van der Waals surface area contributed by atoms with Crippen molar-refractivity contribution in [2.45, 2.75) is 58.2 Å². The number of carbonyl (C=O) groups is 1. The molecule has 37 heavy (non-hydrogen) atoms. The van der Waals surface area contributed by atoms with Crippen molar-refractivity contribution in [3.05, 3.63) is 82.4 Å². The van der Waals surface area contributed by atoms with E-state index in [4.69, 9.17) is 0 Å². The van der Waals surface area contributed by atoms with Crippen molar-refractivity contribution in [1.29, 1.82) is 0 Å². The Bertz CT molecular complexity index is 1490. The summed E-state index contributed by atoms with van der Waals surface area (Å²) in [5.41, 5.74) is 8.23.